The van der Waals surface area contributed by atoms with Gasteiger partial charge in [-0.1, -0.05) is 28.9 Å². The molecule has 0 amide bonds. The minimum Gasteiger partial charge on any atom is -0.387 e. The van der Waals surface area contributed by atoms with Crippen molar-refractivity contribution in [3.05, 3.63) is 46.6 Å². The topological polar surface area (TPSA) is 71.2 Å². The maximum Gasteiger partial charge on any atom is 0.240 e. The molecule has 6 heteroatoms. The molecule has 1 aromatic carbocycles. The normalized spacial score (nSPS) is 12.6. The van der Waals surface area contributed by atoms with Crippen LogP contribution in [-0.4, -0.2) is 21.8 Å². The van der Waals surface area contributed by atoms with E-state index in [-0.39, 0.29) is 0 Å². The third-order valence-corrected chi connectivity index (χ3v) is 2.69. The monoisotopic (exact) mass is 267 g/mol. The van der Waals surface area contributed by atoms with Crippen molar-refractivity contribution >= 4 is 11.6 Å². The second kappa shape index (κ2) is 5.95. The van der Waals surface area contributed by atoms with Crippen molar-refractivity contribution in [1.29, 1.82) is 0 Å². The molecule has 2 aromatic rings. The number of halogens is 1. The number of aliphatic hydroxyl groups excluding tert-OH is 1. The van der Waals surface area contributed by atoms with Crippen molar-refractivity contribution in [2.24, 2.45) is 0 Å². The lowest BCUT2D eigenvalue weighted by molar-refractivity contribution is 0.172. The summed E-state index contributed by atoms with van der Waals surface area (Å²) in [5.74, 6) is 1.11. The second-order valence-electron chi connectivity index (χ2n) is 3.93. The van der Waals surface area contributed by atoms with Crippen molar-refractivity contribution < 1.29 is 9.63 Å². The summed E-state index contributed by atoms with van der Waals surface area (Å²) in [6.45, 7) is 2.60. The number of rotatable bonds is 5. The summed E-state index contributed by atoms with van der Waals surface area (Å²) >= 11 is 5.78. The Morgan fingerprint density at radius 1 is 1.39 bits per heavy atom. The van der Waals surface area contributed by atoms with Crippen molar-refractivity contribution in [2.45, 2.75) is 19.6 Å². The molecule has 96 valence electrons. The highest BCUT2D eigenvalue weighted by atomic mass is 35.5. The van der Waals surface area contributed by atoms with Gasteiger partial charge in [-0.05, 0) is 24.6 Å². The van der Waals surface area contributed by atoms with Crippen molar-refractivity contribution in [2.75, 3.05) is 6.54 Å². The Balaban J connectivity index is 1.81. The van der Waals surface area contributed by atoms with Gasteiger partial charge in [0, 0.05) is 11.6 Å². The van der Waals surface area contributed by atoms with Crippen LogP contribution in [0.3, 0.4) is 0 Å². The smallest absolute Gasteiger partial charge is 0.240 e. The number of nitrogens with zero attached hydrogens (tertiary/aromatic N) is 2. The zero-order chi connectivity index (χ0) is 13.0. The molecule has 1 atom stereocenters. The quantitative estimate of drug-likeness (QED) is 0.865. The van der Waals surface area contributed by atoms with E-state index >= 15 is 0 Å². The second-order valence-corrected chi connectivity index (χ2v) is 4.37. The van der Waals surface area contributed by atoms with Crippen molar-refractivity contribution in [1.82, 2.24) is 15.5 Å². The summed E-state index contributed by atoms with van der Waals surface area (Å²) in [6.07, 6.45) is -0.591. The standard InChI is InChI=1S/C12H14ClN3O2/c1-8-15-12(18-16-8)7-14-6-11(17)9-2-4-10(13)5-3-9/h2-5,11,14,17H,6-7H2,1H3. The van der Waals surface area contributed by atoms with Gasteiger partial charge in [0.15, 0.2) is 5.82 Å². The van der Waals surface area contributed by atoms with Crippen LogP contribution in [0.1, 0.15) is 23.4 Å². The van der Waals surface area contributed by atoms with Gasteiger partial charge in [0.05, 0.1) is 12.6 Å². The highest BCUT2D eigenvalue weighted by Crippen LogP contribution is 2.15. The minimum absolute atomic E-state index is 0.406. The van der Waals surface area contributed by atoms with E-state index in [1.54, 1.807) is 31.2 Å². The summed E-state index contributed by atoms with van der Waals surface area (Å²) < 4.78 is 4.94. The van der Waals surface area contributed by atoms with E-state index in [0.717, 1.165) is 5.56 Å². The molecule has 2 N–H and O–H groups in total. The molecular weight excluding hydrogens is 254 g/mol. The zero-order valence-electron chi connectivity index (χ0n) is 9.93. The molecule has 18 heavy (non-hydrogen) atoms. The first-order chi connectivity index (χ1) is 8.65. The van der Waals surface area contributed by atoms with E-state index in [4.69, 9.17) is 16.1 Å². The van der Waals surface area contributed by atoms with Crippen LogP contribution >= 0.6 is 11.6 Å². The number of benzene rings is 1. The molecule has 0 bridgehead atoms. The number of hydrogen-bond donors (Lipinski definition) is 2. The first-order valence-electron chi connectivity index (χ1n) is 5.58. The molecule has 0 aliphatic heterocycles. The molecule has 5 nitrogen and oxygen atoms in total. The fourth-order valence-corrected chi connectivity index (χ4v) is 1.66. The maximum absolute atomic E-state index is 9.92. The van der Waals surface area contributed by atoms with Crippen molar-refractivity contribution in [3.63, 3.8) is 0 Å². The van der Waals surface area contributed by atoms with Crippen LogP contribution in [0.2, 0.25) is 5.02 Å². The Morgan fingerprint density at radius 2 is 2.11 bits per heavy atom. The Morgan fingerprint density at radius 3 is 2.72 bits per heavy atom. The first kappa shape index (κ1) is 13.0. The van der Waals surface area contributed by atoms with Crippen LogP contribution in [0, 0.1) is 6.92 Å². The number of hydrogen-bond acceptors (Lipinski definition) is 5. The summed E-state index contributed by atoms with van der Waals surface area (Å²) in [6, 6.07) is 7.10. The average molecular weight is 268 g/mol. The third-order valence-electron chi connectivity index (χ3n) is 2.44. The molecule has 1 unspecified atom stereocenters. The predicted molar refractivity (Wildman–Crippen MR) is 67.2 cm³/mol. The van der Waals surface area contributed by atoms with Gasteiger partial charge in [-0.15, -0.1) is 0 Å². The summed E-state index contributed by atoms with van der Waals surface area (Å²) in [4.78, 5) is 4.05. The van der Waals surface area contributed by atoms with Gasteiger partial charge in [0.25, 0.3) is 0 Å². The molecule has 0 spiro atoms. The van der Waals surface area contributed by atoms with Crippen LogP contribution in [0.5, 0.6) is 0 Å². The van der Waals surface area contributed by atoms with E-state index in [1.165, 1.54) is 0 Å². The Kier molecular flexibility index (Phi) is 4.30. The van der Waals surface area contributed by atoms with E-state index in [9.17, 15) is 5.11 Å². The SMILES string of the molecule is Cc1noc(CNCC(O)c2ccc(Cl)cc2)n1. The largest absolute Gasteiger partial charge is 0.387 e. The minimum atomic E-state index is -0.591. The summed E-state index contributed by atoms with van der Waals surface area (Å²) in [7, 11) is 0. The van der Waals surface area contributed by atoms with Gasteiger partial charge in [0.1, 0.15) is 0 Å². The van der Waals surface area contributed by atoms with Crippen molar-refractivity contribution in [3.8, 4) is 0 Å². The zero-order valence-corrected chi connectivity index (χ0v) is 10.7. The highest BCUT2D eigenvalue weighted by molar-refractivity contribution is 6.30. The first-order valence-corrected chi connectivity index (χ1v) is 5.96. The highest BCUT2D eigenvalue weighted by Gasteiger charge is 2.08. The van der Waals surface area contributed by atoms with Gasteiger partial charge in [0.2, 0.25) is 5.89 Å². The average Bonchev–Trinajstić information content (AvgIpc) is 2.76. The van der Waals surface area contributed by atoms with Gasteiger partial charge < -0.3 is 14.9 Å². The fraction of sp³-hybridized carbons (Fsp3) is 0.333. The van der Waals surface area contributed by atoms with Crippen LogP contribution < -0.4 is 5.32 Å². The fourth-order valence-electron chi connectivity index (χ4n) is 1.53. The number of aliphatic hydroxyl groups is 1. The predicted octanol–water partition coefficient (Wildman–Crippen LogP) is 1.85. The molecular formula is C12H14ClN3O2. The molecule has 0 aliphatic carbocycles. The Labute approximate surface area is 110 Å². The van der Waals surface area contributed by atoms with Crippen LogP contribution in [-0.2, 0) is 6.54 Å². The lowest BCUT2D eigenvalue weighted by Gasteiger charge is -2.11. The van der Waals surface area contributed by atoms with Gasteiger partial charge in [-0.2, -0.15) is 4.98 Å². The lowest BCUT2D eigenvalue weighted by atomic mass is 10.1. The van der Waals surface area contributed by atoms with E-state index in [1.807, 2.05) is 0 Å². The van der Waals surface area contributed by atoms with E-state index in [2.05, 4.69) is 15.5 Å². The number of aromatic nitrogens is 2. The molecule has 2 rings (SSSR count). The summed E-state index contributed by atoms with van der Waals surface area (Å²) in [5, 5.41) is 17.3. The van der Waals surface area contributed by atoms with E-state index < -0.39 is 6.10 Å². The van der Waals surface area contributed by atoms with Gasteiger partial charge in [-0.3, -0.25) is 0 Å². The molecule has 0 radical (unpaired) electrons. The number of nitrogens with one attached hydrogen (secondary N) is 1. The Hall–Kier alpha value is -1.43. The lowest BCUT2D eigenvalue weighted by Crippen LogP contribution is -2.21. The molecule has 0 aliphatic rings. The molecule has 0 saturated carbocycles. The molecule has 0 fully saturated rings. The van der Waals surface area contributed by atoms with E-state index in [0.29, 0.717) is 29.8 Å². The van der Waals surface area contributed by atoms with Gasteiger partial charge in [-0.25, -0.2) is 0 Å². The van der Waals surface area contributed by atoms with Crippen LogP contribution in [0.25, 0.3) is 0 Å². The third kappa shape index (κ3) is 3.53. The molecule has 1 heterocycles. The van der Waals surface area contributed by atoms with Crippen LogP contribution in [0.15, 0.2) is 28.8 Å². The van der Waals surface area contributed by atoms with Crippen LogP contribution in [0.4, 0.5) is 0 Å². The Bertz CT molecular complexity index is 498. The van der Waals surface area contributed by atoms with Gasteiger partial charge >= 0.3 is 0 Å². The molecule has 0 saturated heterocycles. The maximum atomic E-state index is 9.92. The number of aryl methyl sites for hydroxylation is 1. The summed E-state index contributed by atoms with van der Waals surface area (Å²) in [5.41, 5.74) is 0.814. The molecule has 1 aromatic heterocycles.